The summed E-state index contributed by atoms with van der Waals surface area (Å²) in [5, 5.41) is 12.5. The zero-order valence-corrected chi connectivity index (χ0v) is 11.7. The van der Waals surface area contributed by atoms with Gasteiger partial charge in [0.25, 0.3) is 0 Å². The van der Waals surface area contributed by atoms with E-state index in [0.717, 1.165) is 22.8 Å². The minimum absolute atomic E-state index is 0.362. The summed E-state index contributed by atoms with van der Waals surface area (Å²) in [7, 11) is 0. The van der Waals surface area contributed by atoms with Gasteiger partial charge in [0.1, 0.15) is 6.10 Å². The normalized spacial score (nSPS) is 13.1. The minimum Gasteiger partial charge on any atom is -0.386 e. The Morgan fingerprint density at radius 3 is 2.58 bits per heavy atom. The van der Waals surface area contributed by atoms with E-state index in [1.807, 2.05) is 30.3 Å². The Labute approximate surface area is 115 Å². The number of fused-ring (bicyclic) bond motifs is 1. The number of aliphatic hydroxyl groups excluding tert-OH is 1. The van der Waals surface area contributed by atoms with Gasteiger partial charge < -0.3 is 9.84 Å². The van der Waals surface area contributed by atoms with Gasteiger partial charge in [0.15, 0.2) is 0 Å². The molecule has 2 rings (SSSR count). The monoisotopic (exact) mass is 258 g/mol. The molecule has 0 amide bonds. The van der Waals surface area contributed by atoms with Crippen molar-refractivity contribution in [3.8, 4) is 0 Å². The van der Waals surface area contributed by atoms with Crippen LogP contribution in [-0.4, -0.2) is 18.3 Å². The molecular weight excluding hydrogens is 236 g/mol. The predicted molar refractivity (Wildman–Crippen MR) is 79.2 cm³/mol. The fourth-order valence-electron chi connectivity index (χ4n) is 2.14. The molecule has 0 spiro atoms. The first-order chi connectivity index (χ1) is 9.18. The molecule has 0 aliphatic rings. The van der Waals surface area contributed by atoms with Crippen LogP contribution in [0.5, 0.6) is 0 Å². The molecule has 1 N–H and O–H groups in total. The van der Waals surface area contributed by atoms with Gasteiger partial charge in [-0.05, 0) is 28.7 Å². The number of hydrogen-bond donors (Lipinski definition) is 1. The van der Waals surface area contributed by atoms with Gasteiger partial charge in [0.2, 0.25) is 0 Å². The molecule has 0 heterocycles. The molecule has 1 unspecified atom stereocenters. The molecule has 0 saturated heterocycles. The predicted octanol–water partition coefficient (Wildman–Crippen LogP) is 3.94. The maximum absolute atomic E-state index is 10.3. The van der Waals surface area contributed by atoms with E-state index >= 15 is 0 Å². The Balaban J connectivity index is 2.03. The molecule has 19 heavy (non-hydrogen) atoms. The maximum atomic E-state index is 10.3. The average Bonchev–Trinajstić information content (AvgIpc) is 2.42. The Morgan fingerprint density at radius 1 is 1.05 bits per heavy atom. The zero-order chi connectivity index (χ0) is 13.7. The van der Waals surface area contributed by atoms with Crippen LogP contribution in [0.1, 0.15) is 31.9 Å². The van der Waals surface area contributed by atoms with Crippen molar-refractivity contribution in [3.05, 3.63) is 48.0 Å². The van der Waals surface area contributed by atoms with E-state index in [9.17, 15) is 5.11 Å². The van der Waals surface area contributed by atoms with Gasteiger partial charge in [-0.15, -0.1) is 0 Å². The van der Waals surface area contributed by atoms with Crippen molar-refractivity contribution in [1.82, 2.24) is 0 Å². The summed E-state index contributed by atoms with van der Waals surface area (Å²) in [5.74, 6) is 0.634. The number of rotatable bonds is 6. The molecule has 0 aliphatic carbocycles. The van der Waals surface area contributed by atoms with Crippen LogP contribution in [0.4, 0.5) is 0 Å². The van der Waals surface area contributed by atoms with Crippen LogP contribution in [0.2, 0.25) is 0 Å². The highest BCUT2D eigenvalue weighted by molar-refractivity contribution is 5.85. The van der Waals surface area contributed by atoms with Crippen molar-refractivity contribution in [2.24, 2.45) is 5.92 Å². The van der Waals surface area contributed by atoms with E-state index in [2.05, 4.69) is 26.0 Å². The number of aliphatic hydroxyl groups is 1. The highest BCUT2D eigenvalue weighted by atomic mass is 16.5. The fraction of sp³-hybridized carbons (Fsp3) is 0.412. The molecule has 0 aromatic heterocycles. The van der Waals surface area contributed by atoms with E-state index in [4.69, 9.17) is 4.74 Å². The summed E-state index contributed by atoms with van der Waals surface area (Å²) in [6.45, 7) is 5.41. The largest absolute Gasteiger partial charge is 0.386 e. The molecule has 0 bridgehead atoms. The molecule has 0 fully saturated rings. The quantitative estimate of drug-likeness (QED) is 0.795. The molecular formula is C17H22O2. The molecule has 0 aliphatic heterocycles. The molecule has 1 atom stereocenters. The van der Waals surface area contributed by atoms with Crippen LogP contribution in [0.3, 0.4) is 0 Å². The van der Waals surface area contributed by atoms with Gasteiger partial charge in [-0.25, -0.2) is 0 Å². The van der Waals surface area contributed by atoms with Crippen molar-refractivity contribution in [2.45, 2.75) is 26.4 Å². The van der Waals surface area contributed by atoms with Crippen molar-refractivity contribution in [1.29, 1.82) is 0 Å². The lowest BCUT2D eigenvalue weighted by Crippen LogP contribution is -2.09. The third kappa shape index (κ3) is 3.79. The van der Waals surface area contributed by atoms with Gasteiger partial charge in [0, 0.05) is 6.61 Å². The maximum Gasteiger partial charge on any atom is 0.103 e. The Hall–Kier alpha value is -1.38. The summed E-state index contributed by atoms with van der Waals surface area (Å²) in [5.41, 5.74) is 0.947. The molecule has 2 heteroatoms. The molecule has 2 aromatic carbocycles. The second-order valence-electron chi connectivity index (χ2n) is 5.34. The Kier molecular flexibility index (Phi) is 4.94. The first kappa shape index (κ1) is 14.0. The highest BCUT2D eigenvalue weighted by Crippen LogP contribution is 2.24. The van der Waals surface area contributed by atoms with Gasteiger partial charge in [-0.2, -0.15) is 0 Å². The van der Waals surface area contributed by atoms with Gasteiger partial charge in [0.05, 0.1) is 6.61 Å². The first-order valence-corrected chi connectivity index (χ1v) is 6.92. The summed E-state index contributed by atoms with van der Waals surface area (Å²) in [6, 6.07) is 14.1. The topological polar surface area (TPSA) is 29.5 Å². The molecule has 0 saturated carbocycles. The zero-order valence-electron chi connectivity index (χ0n) is 11.7. The van der Waals surface area contributed by atoms with Crippen LogP contribution < -0.4 is 0 Å². The van der Waals surface area contributed by atoms with Crippen LogP contribution >= 0.6 is 0 Å². The first-order valence-electron chi connectivity index (χ1n) is 6.92. The SMILES string of the molecule is CC(C)CCOCC(O)c1cccc2ccccc12. The van der Waals surface area contributed by atoms with Crippen molar-refractivity contribution in [2.75, 3.05) is 13.2 Å². The van der Waals surface area contributed by atoms with Gasteiger partial charge in [-0.3, -0.25) is 0 Å². The number of ether oxygens (including phenoxy) is 1. The van der Waals surface area contributed by atoms with E-state index < -0.39 is 6.10 Å². The third-order valence-corrected chi connectivity index (χ3v) is 3.30. The van der Waals surface area contributed by atoms with Crippen LogP contribution in [-0.2, 0) is 4.74 Å². The van der Waals surface area contributed by atoms with E-state index in [1.54, 1.807) is 0 Å². The molecule has 2 nitrogen and oxygen atoms in total. The van der Waals surface area contributed by atoms with Gasteiger partial charge >= 0.3 is 0 Å². The van der Waals surface area contributed by atoms with Crippen LogP contribution in [0.25, 0.3) is 10.8 Å². The lowest BCUT2D eigenvalue weighted by atomic mass is 10.0. The fourth-order valence-corrected chi connectivity index (χ4v) is 2.14. The van der Waals surface area contributed by atoms with Crippen molar-refractivity contribution < 1.29 is 9.84 Å². The second-order valence-corrected chi connectivity index (χ2v) is 5.34. The molecule has 2 aromatic rings. The highest BCUT2D eigenvalue weighted by Gasteiger charge is 2.11. The second kappa shape index (κ2) is 6.69. The lowest BCUT2D eigenvalue weighted by Gasteiger charge is -2.14. The van der Waals surface area contributed by atoms with Gasteiger partial charge in [-0.1, -0.05) is 56.3 Å². The van der Waals surface area contributed by atoms with E-state index in [0.29, 0.717) is 19.1 Å². The Morgan fingerprint density at radius 2 is 1.79 bits per heavy atom. The summed E-state index contributed by atoms with van der Waals surface area (Å²) >= 11 is 0. The summed E-state index contributed by atoms with van der Waals surface area (Å²) in [6.07, 6.45) is 0.473. The van der Waals surface area contributed by atoms with Crippen molar-refractivity contribution in [3.63, 3.8) is 0 Å². The van der Waals surface area contributed by atoms with Crippen molar-refractivity contribution >= 4 is 10.8 Å². The number of benzene rings is 2. The van der Waals surface area contributed by atoms with E-state index in [1.165, 1.54) is 0 Å². The molecule has 0 radical (unpaired) electrons. The lowest BCUT2D eigenvalue weighted by molar-refractivity contribution is 0.0326. The van der Waals surface area contributed by atoms with E-state index in [-0.39, 0.29) is 0 Å². The van der Waals surface area contributed by atoms with Crippen LogP contribution in [0.15, 0.2) is 42.5 Å². The molecule has 102 valence electrons. The van der Waals surface area contributed by atoms with Crippen LogP contribution in [0, 0.1) is 5.92 Å². The third-order valence-electron chi connectivity index (χ3n) is 3.30. The minimum atomic E-state index is -0.557. The summed E-state index contributed by atoms with van der Waals surface area (Å²) in [4.78, 5) is 0. The summed E-state index contributed by atoms with van der Waals surface area (Å²) < 4.78 is 5.56. The average molecular weight is 258 g/mol. The Bertz CT molecular complexity index is 514. The number of hydrogen-bond acceptors (Lipinski definition) is 2. The smallest absolute Gasteiger partial charge is 0.103 e. The standard InChI is InChI=1S/C17H22O2/c1-13(2)10-11-19-12-17(18)16-9-5-7-14-6-3-4-8-15(14)16/h3-9,13,17-18H,10-12H2,1-2H3.